The molecule has 0 aromatic carbocycles. The van der Waals surface area contributed by atoms with Crippen molar-refractivity contribution in [1.82, 2.24) is 14.8 Å². The number of aromatic carboxylic acids is 1. The first-order chi connectivity index (χ1) is 7.59. The molecule has 0 saturated heterocycles. The van der Waals surface area contributed by atoms with Gasteiger partial charge in [0.15, 0.2) is 11.5 Å². The van der Waals surface area contributed by atoms with Crippen LogP contribution in [0.25, 0.3) is 5.82 Å². The van der Waals surface area contributed by atoms with Gasteiger partial charge in [-0.1, -0.05) is 11.6 Å². The number of hydrogen-bond donors (Lipinski definition) is 2. The number of hydrogen-bond acceptors (Lipinski definition) is 4. The molecule has 2 aromatic heterocycles. The zero-order chi connectivity index (χ0) is 11.7. The first-order valence-corrected chi connectivity index (χ1v) is 4.67. The largest absolute Gasteiger partial charge is 0.477 e. The van der Waals surface area contributed by atoms with Crippen LogP contribution in [0.2, 0.25) is 5.02 Å². The van der Waals surface area contributed by atoms with Gasteiger partial charge in [0, 0.05) is 12.3 Å². The van der Waals surface area contributed by atoms with Crippen molar-refractivity contribution in [3.63, 3.8) is 0 Å². The molecule has 0 amide bonds. The van der Waals surface area contributed by atoms with E-state index < -0.39 is 5.97 Å². The fraction of sp³-hybridized carbons (Fsp3) is 0. The van der Waals surface area contributed by atoms with E-state index in [1.165, 1.54) is 12.3 Å². The molecule has 0 unspecified atom stereocenters. The minimum absolute atomic E-state index is 0.0851. The van der Waals surface area contributed by atoms with Gasteiger partial charge >= 0.3 is 5.97 Å². The molecule has 0 atom stereocenters. The first kappa shape index (κ1) is 10.4. The summed E-state index contributed by atoms with van der Waals surface area (Å²) in [6.07, 6.45) is 1.49. The maximum Gasteiger partial charge on any atom is 0.354 e. The van der Waals surface area contributed by atoms with E-state index in [1.54, 1.807) is 12.1 Å². The van der Waals surface area contributed by atoms with Crippen LogP contribution in [0.15, 0.2) is 24.4 Å². The average molecular weight is 239 g/mol. The van der Waals surface area contributed by atoms with Gasteiger partial charge in [-0.2, -0.15) is 0 Å². The van der Waals surface area contributed by atoms with Gasteiger partial charge in [0.25, 0.3) is 0 Å². The van der Waals surface area contributed by atoms with Gasteiger partial charge in [-0.15, -0.1) is 5.10 Å². The van der Waals surface area contributed by atoms with Crippen LogP contribution in [0.1, 0.15) is 10.5 Å². The second-order valence-corrected chi connectivity index (χ2v) is 3.39. The Balaban J connectivity index is 2.64. The van der Waals surface area contributed by atoms with Gasteiger partial charge in [-0.3, -0.25) is 0 Å². The second-order valence-electron chi connectivity index (χ2n) is 2.98. The first-order valence-electron chi connectivity index (χ1n) is 4.29. The molecule has 0 bridgehead atoms. The van der Waals surface area contributed by atoms with Crippen molar-refractivity contribution in [2.24, 2.45) is 0 Å². The van der Waals surface area contributed by atoms with Crippen LogP contribution in [0.4, 0.5) is 5.82 Å². The van der Waals surface area contributed by atoms with Crippen molar-refractivity contribution >= 4 is 23.4 Å². The Morgan fingerprint density at radius 1 is 1.56 bits per heavy atom. The molecule has 0 saturated carbocycles. The molecule has 16 heavy (non-hydrogen) atoms. The third-order valence-electron chi connectivity index (χ3n) is 1.89. The highest BCUT2D eigenvalue weighted by Crippen LogP contribution is 2.19. The number of nitrogen functional groups attached to an aromatic ring is 1. The SMILES string of the molecule is Nc1cc(C(=O)O)n(-c2ncccc2Cl)n1. The lowest BCUT2D eigenvalue weighted by atomic mass is 10.4. The summed E-state index contributed by atoms with van der Waals surface area (Å²) in [5, 5.41) is 13.1. The average Bonchev–Trinajstić information content (AvgIpc) is 2.61. The number of halogens is 1. The van der Waals surface area contributed by atoms with Crippen molar-refractivity contribution < 1.29 is 9.90 Å². The summed E-state index contributed by atoms with van der Waals surface area (Å²) in [5.41, 5.74) is 5.35. The molecule has 7 heteroatoms. The predicted molar refractivity (Wildman–Crippen MR) is 57.7 cm³/mol. The molecule has 2 heterocycles. The van der Waals surface area contributed by atoms with Gasteiger partial charge in [0.05, 0.1) is 5.02 Å². The highest BCUT2D eigenvalue weighted by molar-refractivity contribution is 6.32. The van der Waals surface area contributed by atoms with Gasteiger partial charge in [-0.05, 0) is 12.1 Å². The van der Waals surface area contributed by atoms with E-state index in [4.69, 9.17) is 22.4 Å². The molecule has 2 aromatic rings. The number of pyridine rings is 1. The Bertz CT molecular complexity index is 552. The number of carboxylic acid groups (broad SMARTS) is 1. The molecule has 0 aliphatic carbocycles. The summed E-state index contributed by atoms with van der Waals surface area (Å²) >= 11 is 5.89. The fourth-order valence-electron chi connectivity index (χ4n) is 1.25. The minimum Gasteiger partial charge on any atom is -0.477 e. The van der Waals surface area contributed by atoms with Crippen molar-refractivity contribution in [3.05, 3.63) is 35.1 Å². The van der Waals surface area contributed by atoms with Gasteiger partial charge in [0.1, 0.15) is 5.82 Å². The van der Waals surface area contributed by atoms with Crippen LogP contribution in [0, 0.1) is 0 Å². The van der Waals surface area contributed by atoms with Crippen LogP contribution >= 0.6 is 11.6 Å². The molecule has 0 fully saturated rings. The number of aromatic nitrogens is 3. The van der Waals surface area contributed by atoms with Crippen LogP contribution in [-0.4, -0.2) is 25.8 Å². The third kappa shape index (κ3) is 1.70. The molecular formula is C9H7ClN4O2. The molecule has 6 nitrogen and oxygen atoms in total. The number of nitrogens with zero attached hydrogens (tertiary/aromatic N) is 3. The lowest BCUT2D eigenvalue weighted by Crippen LogP contribution is -2.09. The summed E-state index contributed by atoms with van der Waals surface area (Å²) in [4.78, 5) is 14.9. The van der Waals surface area contributed by atoms with Gasteiger partial charge in [-0.25, -0.2) is 14.5 Å². The number of nitrogens with two attached hydrogens (primary N) is 1. The number of carbonyl (C=O) groups is 1. The predicted octanol–water partition coefficient (Wildman–Crippen LogP) is 1.20. The smallest absolute Gasteiger partial charge is 0.354 e. The molecule has 0 radical (unpaired) electrons. The molecular weight excluding hydrogens is 232 g/mol. The number of rotatable bonds is 2. The molecule has 82 valence electrons. The van der Waals surface area contributed by atoms with E-state index in [9.17, 15) is 4.79 Å². The topological polar surface area (TPSA) is 94.0 Å². The Hall–Kier alpha value is -2.08. The Morgan fingerprint density at radius 3 is 2.94 bits per heavy atom. The molecule has 3 N–H and O–H groups in total. The summed E-state index contributed by atoms with van der Waals surface area (Å²) in [7, 11) is 0. The number of carboxylic acids is 1. The van der Waals surface area contributed by atoms with E-state index in [-0.39, 0.29) is 17.3 Å². The normalized spacial score (nSPS) is 10.3. The van der Waals surface area contributed by atoms with E-state index in [1.807, 2.05) is 0 Å². The van der Waals surface area contributed by atoms with Crippen LogP contribution in [0.5, 0.6) is 0 Å². The zero-order valence-corrected chi connectivity index (χ0v) is 8.72. The highest BCUT2D eigenvalue weighted by Gasteiger charge is 2.16. The zero-order valence-electron chi connectivity index (χ0n) is 7.96. The van der Waals surface area contributed by atoms with E-state index in [0.717, 1.165) is 4.68 Å². The minimum atomic E-state index is -1.15. The van der Waals surface area contributed by atoms with E-state index in [0.29, 0.717) is 5.02 Å². The molecule has 0 aliphatic heterocycles. The molecule has 2 rings (SSSR count). The van der Waals surface area contributed by atoms with Crippen molar-refractivity contribution in [2.75, 3.05) is 5.73 Å². The standard InChI is InChI=1S/C9H7ClN4O2/c10-5-2-1-3-12-8(5)14-6(9(15)16)4-7(11)13-14/h1-4H,(H2,11,13)(H,15,16). The molecule has 0 aliphatic rings. The summed E-state index contributed by atoms with van der Waals surface area (Å²) in [6.45, 7) is 0. The lowest BCUT2D eigenvalue weighted by Gasteiger charge is -2.04. The van der Waals surface area contributed by atoms with E-state index >= 15 is 0 Å². The lowest BCUT2D eigenvalue weighted by molar-refractivity contribution is 0.0687. The maximum atomic E-state index is 10.9. The Labute approximate surface area is 95.3 Å². The van der Waals surface area contributed by atoms with Crippen LogP contribution in [0.3, 0.4) is 0 Å². The van der Waals surface area contributed by atoms with Crippen molar-refractivity contribution in [2.45, 2.75) is 0 Å². The summed E-state index contributed by atoms with van der Waals surface area (Å²) in [5.74, 6) is -0.816. The van der Waals surface area contributed by atoms with Crippen molar-refractivity contribution in [1.29, 1.82) is 0 Å². The Morgan fingerprint density at radius 2 is 2.31 bits per heavy atom. The second kappa shape index (κ2) is 3.82. The Kier molecular flexibility index (Phi) is 2.49. The van der Waals surface area contributed by atoms with Crippen LogP contribution < -0.4 is 5.73 Å². The maximum absolute atomic E-state index is 10.9. The monoisotopic (exact) mass is 238 g/mol. The summed E-state index contributed by atoms with van der Waals surface area (Å²) < 4.78 is 1.10. The molecule has 0 spiro atoms. The number of anilines is 1. The van der Waals surface area contributed by atoms with Crippen LogP contribution in [-0.2, 0) is 0 Å². The summed E-state index contributed by atoms with van der Waals surface area (Å²) in [6, 6.07) is 4.47. The van der Waals surface area contributed by atoms with Crippen molar-refractivity contribution in [3.8, 4) is 5.82 Å². The fourth-order valence-corrected chi connectivity index (χ4v) is 1.45. The van der Waals surface area contributed by atoms with Gasteiger partial charge in [0.2, 0.25) is 0 Å². The van der Waals surface area contributed by atoms with E-state index in [2.05, 4.69) is 10.1 Å². The highest BCUT2D eigenvalue weighted by atomic mass is 35.5. The van der Waals surface area contributed by atoms with Gasteiger partial charge < -0.3 is 10.8 Å². The quantitative estimate of drug-likeness (QED) is 0.820. The third-order valence-corrected chi connectivity index (χ3v) is 2.18.